The Balaban J connectivity index is 1.33. The summed E-state index contributed by atoms with van der Waals surface area (Å²) in [5, 5.41) is 12.3. The van der Waals surface area contributed by atoms with E-state index < -0.39 is 6.04 Å². The molecule has 7 nitrogen and oxygen atoms in total. The molecular formula is C23H20ClN5O2S. The van der Waals surface area contributed by atoms with E-state index in [1.54, 1.807) is 31.2 Å². The van der Waals surface area contributed by atoms with Crippen molar-refractivity contribution in [2.45, 2.75) is 17.9 Å². The Morgan fingerprint density at radius 1 is 1.03 bits per heavy atom. The van der Waals surface area contributed by atoms with Crippen LogP contribution < -0.4 is 10.6 Å². The van der Waals surface area contributed by atoms with Crippen LogP contribution in [0.5, 0.6) is 0 Å². The summed E-state index contributed by atoms with van der Waals surface area (Å²) in [7, 11) is 0. The number of fused-ring (bicyclic) bond motifs is 1. The van der Waals surface area contributed by atoms with E-state index in [0.717, 1.165) is 15.7 Å². The van der Waals surface area contributed by atoms with Gasteiger partial charge in [0.25, 0.3) is 0 Å². The lowest BCUT2D eigenvalue weighted by Gasteiger charge is -2.12. The molecule has 3 aromatic carbocycles. The number of halogens is 1. The molecule has 0 saturated carbocycles. The zero-order chi connectivity index (χ0) is 22.5. The van der Waals surface area contributed by atoms with E-state index >= 15 is 0 Å². The highest BCUT2D eigenvalue weighted by Crippen LogP contribution is 2.33. The van der Waals surface area contributed by atoms with E-state index in [1.165, 1.54) is 29.1 Å². The first-order chi connectivity index (χ1) is 15.5. The average molecular weight is 466 g/mol. The largest absolute Gasteiger partial charge is 0.325 e. The Morgan fingerprint density at radius 3 is 2.41 bits per heavy atom. The zero-order valence-electron chi connectivity index (χ0n) is 17.2. The third kappa shape index (κ3) is 5.09. The third-order valence-electron chi connectivity index (χ3n) is 4.82. The van der Waals surface area contributed by atoms with E-state index in [4.69, 9.17) is 11.6 Å². The van der Waals surface area contributed by atoms with Gasteiger partial charge in [0, 0.05) is 26.7 Å². The van der Waals surface area contributed by atoms with E-state index in [2.05, 4.69) is 20.7 Å². The molecule has 1 atom stereocenters. The molecular weight excluding hydrogens is 446 g/mol. The Morgan fingerprint density at radius 2 is 1.72 bits per heavy atom. The van der Waals surface area contributed by atoms with Crippen molar-refractivity contribution in [1.29, 1.82) is 0 Å². The van der Waals surface area contributed by atoms with E-state index in [9.17, 15) is 9.59 Å². The van der Waals surface area contributed by atoms with Gasteiger partial charge in [-0.25, -0.2) is 9.67 Å². The van der Waals surface area contributed by atoms with Gasteiger partial charge in [-0.1, -0.05) is 35.9 Å². The predicted molar refractivity (Wildman–Crippen MR) is 128 cm³/mol. The first kappa shape index (κ1) is 21.9. The van der Waals surface area contributed by atoms with Crippen LogP contribution >= 0.6 is 23.4 Å². The van der Waals surface area contributed by atoms with Gasteiger partial charge in [-0.2, -0.15) is 5.10 Å². The monoisotopic (exact) mass is 465 g/mol. The van der Waals surface area contributed by atoms with E-state index in [1.807, 2.05) is 36.4 Å². The topological polar surface area (TPSA) is 88.9 Å². The van der Waals surface area contributed by atoms with Gasteiger partial charge >= 0.3 is 0 Å². The molecule has 1 aromatic heterocycles. The van der Waals surface area contributed by atoms with Crippen molar-refractivity contribution in [3.63, 3.8) is 0 Å². The second-order valence-electron chi connectivity index (χ2n) is 7.05. The molecule has 0 aliphatic carbocycles. The molecule has 0 spiro atoms. The summed E-state index contributed by atoms with van der Waals surface area (Å²) in [6.45, 7) is 1.74. The Bertz CT molecular complexity index is 1240. The Labute approximate surface area is 194 Å². The number of anilines is 2. The maximum Gasteiger partial charge on any atom is 0.249 e. The zero-order valence-corrected chi connectivity index (χ0v) is 18.7. The minimum Gasteiger partial charge on any atom is -0.325 e. The lowest BCUT2D eigenvalue weighted by molar-refractivity contribution is -0.119. The standard InChI is InChI=1S/C23H20ClN5O2S/c1-15(29-14-25-13-26-29)23(31)28-18-10-8-17(9-11-18)27-21(30)12-32-20-7-3-5-16-4-2-6-19(24)22(16)20/h2-11,13-15H,12H2,1H3,(H,27,30)(H,28,31). The molecule has 1 heterocycles. The highest BCUT2D eigenvalue weighted by atomic mass is 35.5. The average Bonchev–Trinajstić information content (AvgIpc) is 3.33. The van der Waals surface area contributed by atoms with E-state index in [-0.39, 0.29) is 17.6 Å². The highest BCUT2D eigenvalue weighted by molar-refractivity contribution is 8.00. The Hall–Kier alpha value is -3.36. The van der Waals surface area contributed by atoms with Crippen molar-refractivity contribution in [3.05, 3.63) is 78.3 Å². The van der Waals surface area contributed by atoms with Crippen molar-refractivity contribution in [3.8, 4) is 0 Å². The molecule has 0 saturated heterocycles. The third-order valence-corrected chi connectivity index (χ3v) is 6.20. The van der Waals surface area contributed by atoms with Gasteiger partial charge < -0.3 is 10.6 Å². The van der Waals surface area contributed by atoms with Crippen LogP contribution in [0.15, 0.2) is 78.2 Å². The molecule has 9 heteroatoms. The minimum atomic E-state index is -0.489. The number of hydrogen-bond acceptors (Lipinski definition) is 5. The van der Waals surface area contributed by atoms with Gasteiger partial charge in [0.1, 0.15) is 18.7 Å². The van der Waals surface area contributed by atoms with Gasteiger partial charge in [0.05, 0.1) is 5.75 Å². The quantitative estimate of drug-likeness (QED) is 0.374. The number of benzene rings is 3. The summed E-state index contributed by atoms with van der Waals surface area (Å²) in [5.74, 6) is -0.0915. The number of nitrogens with one attached hydrogen (secondary N) is 2. The molecule has 0 radical (unpaired) electrons. The second kappa shape index (κ2) is 9.84. The fourth-order valence-electron chi connectivity index (χ4n) is 3.14. The maximum absolute atomic E-state index is 12.4. The molecule has 2 amide bonds. The summed E-state index contributed by atoms with van der Waals surface area (Å²) in [4.78, 5) is 29.6. The molecule has 2 N–H and O–H groups in total. The van der Waals surface area contributed by atoms with Crippen LogP contribution in [0.4, 0.5) is 11.4 Å². The number of thioether (sulfide) groups is 1. The smallest absolute Gasteiger partial charge is 0.249 e. The predicted octanol–water partition coefficient (Wildman–Crippen LogP) is 5.02. The molecule has 162 valence electrons. The SMILES string of the molecule is CC(C(=O)Nc1ccc(NC(=O)CSc2cccc3cccc(Cl)c23)cc1)n1cncn1. The number of hydrogen-bond donors (Lipinski definition) is 2. The molecule has 0 fully saturated rings. The molecule has 4 aromatic rings. The van der Waals surface area contributed by atoms with Crippen LogP contribution in [-0.4, -0.2) is 32.3 Å². The summed E-state index contributed by atoms with van der Waals surface area (Å²) in [5.41, 5.74) is 1.27. The molecule has 32 heavy (non-hydrogen) atoms. The lowest BCUT2D eigenvalue weighted by atomic mass is 10.1. The number of nitrogens with zero attached hydrogens (tertiary/aromatic N) is 3. The van der Waals surface area contributed by atoms with Crippen LogP contribution in [0.2, 0.25) is 5.02 Å². The number of aromatic nitrogens is 3. The molecule has 0 bridgehead atoms. The molecule has 4 rings (SSSR count). The van der Waals surface area contributed by atoms with Gasteiger partial charge in [-0.05, 0) is 48.7 Å². The minimum absolute atomic E-state index is 0.129. The fraction of sp³-hybridized carbons (Fsp3) is 0.130. The van der Waals surface area contributed by atoms with Crippen LogP contribution in [0.25, 0.3) is 10.8 Å². The van der Waals surface area contributed by atoms with Crippen molar-refractivity contribution in [2.75, 3.05) is 16.4 Å². The molecule has 0 aliphatic heterocycles. The number of carbonyl (C=O) groups excluding carboxylic acids is 2. The highest BCUT2D eigenvalue weighted by Gasteiger charge is 2.15. The number of rotatable bonds is 7. The normalized spacial score (nSPS) is 11.8. The first-order valence-electron chi connectivity index (χ1n) is 9.86. The fourth-order valence-corrected chi connectivity index (χ4v) is 4.39. The number of carbonyl (C=O) groups is 2. The van der Waals surface area contributed by atoms with Crippen LogP contribution in [0.1, 0.15) is 13.0 Å². The molecule has 1 unspecified atom stereocenters. The Kier molecular flexibility index (Phi) is 6.72. The van der Waals surface area contributed by atoms with Gasteiger partial charge in [0.2, 0.25) is 11.8 Å². The van der Waals surface area contributed by atoms with Crippen molar-refractivity contribution >= 4 is 57.3 Å². The maximum atomic E-state index is 12.4. The summed E-state index contributed by atoms with van der Waals surface area (Å²) in [6, 6.07) is 18.1. The van der Waals surface area contributed by atoms with Crippen LogP contribution in [-0.2, 0) is 9.59 Å². The van der Waals surface area contributed by atoms with Crippen LogP contribution in [0, 0.1) is 0 Å². The van der Waals surface area contributed by atoms with Crippen LogP contribution in [0.3, 0.4) is 0 Å². The first-order valence-corrected chi connectivity index (χ1v) is 11.2. The van der Waals surface area contributed by atoms with Gasteiger partial charge in [0.15, 0.2) is 0 Å². The van der Waals surface area contributed by atoms with E-state index in [0.29, 0.717) is 16.4 Å². The number of amides is 2. The van der Waals surface area contributed by atoms with Gasteiger partial charge in [-0.3, -0.25) is 9.59 Å². The van der Waals surface area contributed by atoms with Crippen molar-refractivity contribution in [2.24, 2.45) is 0 Å². The second-order valence-corrected chi connectivity index (χ2v) is 8.47. The van der Waals surface area contributed by atoms with Crippen molar-refractivity contribution < 1.29 is 9.59 Å². The summed E-state index contributed by atoms with van der Waals surface area (Å²) >= 11 is 7.79. The lowest BCUT2D eigenvalue weighted by Crippen LogP contribution is -2.24. The van der Waals surface area contributed by atoms with Crippen molar-refractivity contribution in [1.82, 2.24) is 14.8 Å². The summed E-state index contributed by atoms with van der Waals surface area (Å²) < 4.78 is 1.48. The summed E-state index contributed by atoms with van der Waals surface area (Å²) in [6.07, 6.45) is 2.88. The van der Waals surface area contributed by atoms with Gasteiger partial charge in [-0.15, -0.1) is 11.8 Å². The molecule has 0 aliphatic rings.